The van der Waals surface area contributed by atoms with Gasteiger partial charge in [-0.1, -0.05) is 12.1 Å². The molecular formula is C13H15F3N2O3. The van der Waals surface area contributed by atoms with E-state index in [4.69, 9.17) is 10.5 Å². The first-order valence-electron chi connectivity index (χ1n) is 6.40. The van der Waals surface area contributed by atoms with Gasteiger partial charge in [0.2, 0.25) is 0 Å². The van der Waals surface area contributed by atoms with E-state index in [1.807, 2.05) is 0 Å². The van der Waals surface area contributed by atoms with E-state index in [-0.39, 0.29) is 11.8 Å². The van der Waals surface area contributed by atoms with Crippen LogP contribution < -0.4 is 15.8 Å². The van der Waals surface area contributed by atoms with E-state index in [1.54, 1.807) is 0 Å². The van der Waals surface area contributed by atoms with E-state index in [2.05, 4.69) is 10.1 Å². The number of ether oxygens (including phenoxy) is 2. The Labute approximate surface area is 119 Å². The number of hydrogen-bond donors (Lipinski definition) is 2. The first-order valence-corrected chi connectivity index (χ1v) is 6.40. The van der Waals surface area contributed by atoms with Crippen molar-refractivity contribution >= 4 is 11.6 Å². The zero-order valence-corrected chi connectivity index (χ0v) is 11.0. The number of para-hydroxylation sites is 2. The van der Waals surface area contributed by atoms with Gasteiger partial charge >= 0.3 is 6.36 Å². The van der Waals surface area contributed by atoms with E-state index in [0.29, 0.717) is 19.4 Å². The highest BCUT2D eigenvalue weighted by molar-refractivity contribution is 5.95. The fourth-order valence-electron chi connectivity index (χ4n) is 2.07. The van der Waals surface area contributed by atoms with Crippen molar-refractivity contribution in [2.75, 3.05) is 11.9 Å². The highest BCUT2D eigenvalue weighted by Gasteiger charge is 2.33. The predicted octanol–water partition coefficient (Wildman–Crippen LogP) is 2.03. The van der Waals surface area contributed by atoms with Crippen molar-refractivity contribution in [1.29, 1.82) is 0 Å². The van der Waals surface area contributed by atoms with Crippen LogP contribution in [0.2, 0.25) is 0 Å². The Morgan fingerprint density at radius 2 is 2.10 bits per heavy atom. The van der Waals surface area contributed by atoms with Crippen LogP contribution in [0.15, 0.2) is 24.3 Å². The number of halogens is 3. The van der Waals surface area contributed by atoms with Gasteiger partial charge in [-0.25, -0.2) is 0 Å². The molecule has 0 bridgehead atoms. The molecule has 0 radical (unpaired) electrons. The smallest absolute Gasteiger partial charge is 0.404 e. The minimum absolute atomic E-state index is 0.0559. The first kappa shape index (κ1) is 15.6. The third kappa shape index (κ3) is 4.33. The second-order valence-electron chi connectivity index (χ2n) is 4.59. The van der Waals surface area contributed by atoms with Crippen LogP contribution in [0.4, 0.5) is 18.9 Å². The Balaban J connectivity index is 2.04. The number of carbonyl (C=O) groups is 1. The summed E-state index contributed by atoms with van der Waals surface area (Å²) >= 11 is 0. The second kappa shape index (κ2) is 6.31. The molecule has 1 amide bonds. The van der Waals surface area contributed by atoms with Crippen molar-refractivity contribution in [3.63, 3.8) is 0 Å². The van der Waals surface area contributed by atoms with Gasteiger partial charge in [0, 0.05) is 6.54 Å². The number of hydrogen-bond acceptors (Lipinski definition) is 4. The molecule has 2 atom stereocenters. The maximum Gasteiger partial charge on any atom is 0.573 e. The number of nitrogens with two attached hydrogens (primary N) is 1. The van der Waals surface area contributed by atoms with Crippen LogP contribution >= 0.6 is 0 Å². The van der Waals surface area contributed by atoms with Crippen molar-refractivity contribution in [1.82, 2.24) is 0 Å². The topological polar surface area (TPSA) is 73.6 Å². The molecule has 1 saturated heterocycles. The van der Waals surface area contributed by atoms with Crippen molar-refractivity contribution in [3.8, 4) is 5.75 Å². The number of benzene rings is 1. The molecule has 1 aromatic carbocycles. The fraction of sp³-hybridized carbons (Fsp3) is 0.462. The highest BCUT2D eigenvalue weighted by Crippen LogP contribution is 2.30. The lowest BCUT2D eigenvalue weighted by molar-refractivity contribution is -0.274. The molecule has 2 rings (SSSR count). The Morgan fingerprint density at radius 1 is 1.38 bits per heavy atom. The molecule has 116 valence electrons. The monoisotopic (exact) mass is 304 g/mol. The highest BCUT2D eigenvalue weighted by atomic mass is 19.4. The molecule has 1 aliphatic heterocycles. The van der Waals surface area contributed by atoms with Crippen LogP contribution in [0.1, 0.15) is 12.8 Å². The summed E-state index contributed by atoms with van der Waals surface area (Å²) in [6.45, 7) is 0.303. The zero-order valence-electron chi connectivity index (χ0n) is 11.0. The van der Waals surface area contributed by atoms with Crippen molar-refractivity contribution in [3.05, 3.63) is 24.3 Å². The number of anilines is 1. The summed E-state index contributed by atoms with van der Waals surface area (Å²) in [4.78, 5) is 12.0. The summed E-state index contributed by atoms with van der Waals surface area (Å²) < 4.78 is 46.1. The summed E-state index contributed by atoms with van der Waals surface area (Å²) in [6, 6.07) is 5.33. The minimum Gasteiger partial charge on any atom is -0.404 e. The van der Waals surface area contributed by atoms with Crippen LogP contribution in [0.3, 0.4) is 0 Å². The minimum atomic E-state index is -4.82. The molecule has 0 aliphatic carbocycles. The number of rotatable bonds is 4. The molecule has 5 nitrogen and oxygen atoms in total. The van der Waals surface area contributed by atoms with Gasteiger partial charge in [0.05, 0.1) is 11.8 Å². The average molecular weight is 304 g/mol. The molecule has 8 heteroatoms. The molecule has 1 aromatic rings. The summed E-state index contributed by atoms with van der Waals surface area (Å²) in [7, 11) is 0. The number of carbonyl (C=O) groups excluding carboxylic acids is 1. The lowest BCUT2D eigenvalue weighted by Crippen LogP contribution is -2.30. The van der Waals surface area contributed by atoms with Gasteiger partial charge in [0.1, 0.15) is 6.10 Å². The Bertz CT molecular complexity index is 508. The molecule has 0 spiro atoms. The molecule has 21 heavy (non-hydrogen) atoms. The number of amides is 1. The molecule has 0 saturated carbocycles. The van der Waals surface area contributed by atoms with E-state index in [0.717, 1.165) is 6.07 Å². The normalized spacial score (nSPS) is 22.1. The third-order valence-corrected chi connectivity index (χ3v) is 3.03. The standard InChI is InChI=1S/C13H15F3N2O3/c14-13(15,16)21-10-4-2-1-3-9(10)18-12(19)11-6-5-8(7-17)20-11/h1-4,8,11H,5-7,17H2,(H,18,19)/t8-,11+/m1/s1. The summed E-state index contributed by atoms with van der Waals surface area (Å²) in [6.07, 6.45) is -4.60. The molecule has 0 unspecified atom stereocenters. The molecular weight excluding hydrogens is 289 g/mol. The first-order chi connectivity index (χ1) is 9.89. The Kier molecular flexibility index (Phi) is 4.69. The quantitative estimate of drug-likeness (QED) is 0.892. The van der Waals surface area contributed by atoms with Gasteiger partial charge in [0.15, 0.2) is 5.75 Å². The predicted molar refractivity (Wildman–Crippen MR) is 68.7 cm³/mol. The Morgan fingerprint density at radius 3 is 2.71 bits per heavy atom. The third-order valence-electron chi connectivity index (χ3n) is 3.03. The van der Waals surface area contributed by atoms with Crippen LogP contribution in [0.5, 0.6) is 5.75 Å². The largest absolute Gasteiger partial charge is 0.573 e. The second-order valence-corrected chi connectivity index (χ2v) is 4.59. The van der Waals surface area contributed by atoms with Gasteiger partial charge in [0.25, 0.3) is 5.91 Å². The number of nitrogens with one attached hydrogen (secondary N) is 1. The molecule has 1 aliphatic rings. The van der Waals surface area contributed by atoms with Gasteiger partial charge in [-0.3, -0.25) is 4.79 Å². The van der Waals surface area contributed by atoms with Gasteiger partial charge in [-0.2, -0.15) is 0 Å². The van der Waals surface area contributed by atoms with Crippen molar-refractivity contribution < 1.29 is 27.4 Å². The Hall–Kier alpha value is -1.80. The van der Waals surface area contributed by atoms with Crippen molar-refractivity contribution in [2.24, 2.45) is 5.73 Å². The average Bonchev–Trinajstić information content (AvgIpc) is 2.88. The van der Waals surface area contributed by atoms with E-state index < -0.39 is 24.1 Å². The van der Waals surface area contributed by atoms with E-state index in [9.17, 15) is 18.0 Å². The van der Waals surface area contributed by atoms with E-state index in [1.165, 1.54) is 18.2 Å². The SMILES string of the molecule is NC[C@H]1CC[C@@H](C(=O)Nc2ccccc2OC(F)(F)F)O1. The van der Waals surface area contributed by atoms with Crippen molar-refractivity contribution in [2.45, 2.75) is 31.4 Å². The summed E-state index contributed by atoms with van der Waals surface area (Å²) in [5.74, 6) is -0.976. The fourth-order valence-corrected chi connectivity index (χ4v) is 2.07. The zero-order chi connectivity index (χ0) is 15.5. The van der Waals surface area contributed by atoms with E-state index >= 15 is 0 Å². The molecule has 0 aromatic heterocycles. The number of alkyl halides is 3. The van der Waals surface area contributed by atoms with Crippen LogP contribution in [-0.4, -0.2) is 31.0 Å². The van der Waals surface area contributed by atoms with Crippen LogP contribution in [0, 0.1) is 0 Å². The van der Waals surface area contributed by atoms with Gasteiger partial charge < -0.3 is 20.5 Å². The summed E-state index contributed by atoms with van der Waals surface area (Å²) in [5.41, 5.74) is 5.38. The maximum atomic E-state index is 12.3. The van der Waals surface area contributed by atoms with Gasteiger partial charge in [-0.05, 0) is 25.0 Å². The summed E-state index contributed by atoms with van der Waals surface area (Å²) in [5, 5.41) is 2.39. The lowest BCUT2D eigenvalue weighted by atomic mass is 10.2. The lowest BCUT2D eigenvalue weighted by Gasteiger charge is -2.16. The van der Waals surface area contributed by atoms with Gasteiger partial charge in [-0.15, -0.1) is 13.2 Å². The van der Waals surface area contributed by atoms with Crippen LogP contribution in [-0.2, 0) is 9.53 Å². The molecule has 1 heterocycles. The molecule has 3 N–H and O–H groups in total. The maximum absolute atomic E-state index is 12.3. The van der Waals surface area contributed by atoms with Crippen LogP contribution in [0.25, 0.3) is 0 Å². The molecule has 1 fully saturated rings.